The minimum atomic E-state index is -1.22. The first kappa shape index (κ1) is 46.4. The van der Waals surface area contributed by atoms with Crippen LogP contribution in [0.5, 0.6) is 0 Å². The third-order valence-corrected chi connectivity index (χ3v) is 16.5. The lowest BCUT2D eigenvalue weighted by Gasteiger charge is -2.22. The van der Waals surface area contributed by atoms with E-state index in [9.17, 15) is 30.3 Å². The second-order valence-corrected chi connectivity index (χ2v) is 20.7. The number of aliphatic carboxylic acids is 2. The molecule has 0 aliphatic heterocycles. The number of nitriles is 2. The molecule has 11 heteroatoms. The van der Waals surface area contributed by atoms with Crippen molar-refractivity contribution in [3.8, 4) is 52.5 Å². The Morgan fingerprint density at radius 1 is 0.531 bits per heavy atom. The van der Waals surface area contributed by atoms with Gasteiger partial charge in [0, 0.05) is 55.8 Å². The molecule has 0 saturated carbocycles. The van der Waals surface area contributed by atoms with Crippen LogP contribution in [0.1, 0.15) is 120 Å². The second kappa shape index (κ2) is 22.4. The Bertz CT molecular complexity index is 2690. The molecule has 0 aliphatic rings. The minimum absolute atomic E-state index is 0.278. The molecule has 0 aliphatic carbocycles. The summed E-state index contributed by atoms with van der Waals surface area (Å²) < 4.78 is 2.68. The van der Waals surface area contributed by atoms with E-state index in [1.165, 1.54) is 145 Å². The number of unbranched alkanes of at least 4 members (excludes halogenated alkanes) is 10. The van der Waals surface area contributed by atoms with Crippen molar-refractivity contribution in [2.75, 3.05) is 0 Å². The molecule has 0 bridgehead atoms. The standard InChI is InChI=1S/C53H53N3O4S4/c1-3-5-7-9-11-13-15-39(16-14-12-10-8-6-4-2)56-44-31-35(46-25-27-50(63-46)48-23-19-40(61-48)29-37(33-54)52(57)58)17-21-42(44)43-22-18-36(32-45(43)56)47-26-28-51(64-47)49-24-20-41(62-49)30-38(34-55)53(59)60/h17-32,39H,3-16H2,1-2H3,(H,57,58)(H,59,60)/b37-29+,38-30+. The number of carbonyl (C=O) groups is 2. The van der Waals surface area contributed by atoms with Gasteiger partial charge in [0.1, 0.15) is 23.3 Å². The highest BCUT2D eigenvalue weighted by molar-refractivity contribution is 7.24. The van der Waals surface area contributed by atoms with Crippen LogP contribution in [0.4, 0.5) is 0 Å². The van der Waals surface area contributed by atoms with Gasteiger partial charge in [-0.25, -0.2) is 9.59 Å². The molecular weight excluding hydrogens is 871 g/mol. The van der Waals surface area contributed by atoms with Gasteiger partial charge in [-0.3, -0.25) is 0 Å². The van der Waals surface area contributed by atoms with E-state index >= 15 is 0 Å². The minimum Gasteiger partial charge on any atom is -0.477 e. The maximum atomic E-state index is 11.5. The van der Waals surface area contributed by atoms with Crippen molar-refractivity contribution in [2.24, 2.45) is 0 Å². The van der Waals surface area contributed by atoms with E-state index in [-0.39, 0.29) is 11.1 Å². The lowest BCUT2D eigenvalue weighted by atomic mass is 9.99. The zero-order valence-electron chi connectivity index (χ0n) is 36.4. The first-order chi connectivity index (χ1) is 31.2. The molecule has 5 heterocycles. The van der Waals surface area contributed by atoms with Crippen molar-refractivity contribution < 1.29 is 19.8 Å². The summed E-state index contributed by atoms with van der Waals surface area (Å²) in [5, 5.41) is 39.8. The number of hydrogen-bond donors (Lipinski definition) is 2. The van der Waals surface area contributed by atoms with Crippen LogP contribution >= 0.6 is 45.3 Å². The highest BCUT2D eigenvalue weighted by atomic mass is 32.1. The van der Waals surface area contributed by atoms with Gasteiger partial charge in [0.15, 0.2) is 0 Å². The highest BCUT2D eigenvalue weighted by Gasteiger charge is 2.21. The number of carboxylic acids is 2. The van der Waals surface area contributed by atoms with Gasteiger partial charge in [0.25, 0.3) is 0 Å². The summed E-state index contributed by atoms with van der Waals surface area (Å²) in [5.74, 6) is -2.45. The van der Waals surface area contributed by atoms with Crippen molar-refractivity contribution in [3.05, 3.63) is 106 Å². The number of hydrogen-bond acceptors (Lipinski definition) is 8. The summed E-state index contributed by atoms with van der Waals surface area (Å²) in [5.41, 5.74) is 4.29. The fourth-order valence-electron chi connectivity index (χ4n) is 8.42. The monoisotopic (exact) mass is 923 g/mol. The number of carboxylic acid groups (broad SMARTS) is 2. The number of thiophene rings is 4. The summed E-state index contributed by atoms with van der Waals surface area (Å²) in [6, 6.07) is 34.1. The zero-order valence-corrected chi connectivity index (χ0v) is 39.7. The first-order valence-corrected chi connectivity index (χ1v) is 25.7. The van der Waals surface area contributed by atoms with Crippen LogP contribution in [-0.2, 0) is 9.59 Å². The molecule has 0 fully saturated rings. The summed E-state index contributed by atoms with van der Waals surface area (Å²) >= 11 is 6.42. The van der Waals surface area contributed by atoms with Gasteiger partial charge < -0.3 is 14.8 Å². The van der Waals surface area contributed by atoms with Crippen molar-refractivity contribution in [1.82, 2.24) is 4.57 Å². The fourth-order valence-corrected chi connectivity index (χ4v) is 12.5. The molecule has 328 valence electrons. The van der Waals surface area contributed by atoms with Crippen molar-refractivity contribution in [3.63, 3.8) is 0 Å². The zero-order chi connectivity index (χ0) is 45.0. The molecule has 64 heavy (non-hydrogen) atoms. The topological polar surface area (TPSA) is 127 Å². The second-order valence-electron chi connectivity index (χ2n) is 16.3. The van der Waals surface area contributed by atoms with Crippen molar-refractivity contribution >= 4 is 91.2 Å². The van der Waals surface area contributed by atoms with E-state index in [0.29, 0.717) is 6.04 Å². The molecule has 7 rings (SSSR count). The first-order valence-electron chi connectivity index (χ1n) is 22.4. The number of aromatic nitrogens is 1. The van der Waals surface area contributed by atoms with E-state index < -0.39 is 11.9 Å². The molecule has 0 radical (unpaired) electrons. The van der Waals surface area contributed by atoms with Gasteiger partial charge in [-0.05, 0) is 96.8 Å². The molecule has 0 saturated heterocycles. The maximum Gasteiger partial charge on any atom is 0.346 e. The molecular formula is C53H53N3O4S4. The quantitative estimate of drug-likeness (QED) is 0.0374. The maximum absolute atomic E-state index is 11.5. The third-order valence-electron chi connectivity index (χ3n) is 11.7. The average molecular weight is 924 g/mol. The van der Waals surface area contributed by atoms with Crippen LogP contribution in [0.25, 0.3) is 74.3 Å². The summed E-state index contributed by atoms with van der Waals surface area (Å²) in [6.07, 6.45) is 20.3. The van der Waals surface area contributed by atoms with Crippen LogP contribution in [-0.4, -0.2) is 26.7 Å². The van der Waals surface area contributed by atoms with Gasteiger partial charge in [-0.2, -0.15) is 10.5 Å². The predicted octanol–water partition coefficient (Wildman–Crippen LogP) is 16.7. The summed E-state index contributed by atoms with van der Waals surface area (Å²) in [6.45, 7) is 4.55. The van der Waals surface area contributed by atoms with E-state index in [0.717, 1.165) is 51.9 Å². The molecule has 7 aromatic rings. The Labute approximate surface area is 391 Å². The molecule has 0 spiro atoms. The molecule has 5 aromatic heterocycles. The number of fused-ring (bicyclic) bond motifs is 3. The van der Waals surface area contributed by atoms with E-state index in [1.807, 2.05) is 24.3 Å². The molecule has 2 aromatic carbocycles. The number of benzene rings is 2. The van der Waals surface area contributed by atoms with Gasteiger partial charge >= 0.3 is 11.9 Å². The van der Waals surface area contributed by atoms with Gasteiger partial charge in [-0.1, -0.05) is 115 Å². The molecule has 2 N–H and O–H groups in total. The Morgan fingerprint density at radius 3 is 1.31 bits per heavy atom. The van der Waals surface area contributed by atoms with Crippen LogP contribution < -0.4 is 0 Å². The molecule has 0 unspecified atom stereocenters. The molecule has 7 nitrogen and oxygen atoms in total. The fraction of sp³-hybridized carbons (Fsp3) is 0.321. The Hall–Kier alpha value is -5.56. The largest absolute Gasteiger partial charge is 0.477 e. The van der Waals surface area contributed by atoms with Crippen LogP contribution in [0.15, 0.2) is 96.1 Å². The highest BCUT2D eigenvalue weighted by Crippen LogP contribution is 2.44. The Kier molecular flexibility index (Phi) is 16.2. The van der Waals surface area contributed by atoms with Gasteiger partial charge in [-0.15, -0.1) is 45.3 Å². The molecule has 0 amide bonds. The number of nitrogens with zero attached hydrogens (tertiary/aromatic N) is 3. The van der Waals surface area contributed by atoms with Crippen molar-refractivity contribution in [1.29, 1.82) is 10.5 Å². The smallest absolute Gasteiger partial charge is 0.346 e. The average Bonchev–Trinajstić information content (AvgIpc) is 4.16. The van der Waals surface area contributed by atoms with Crippen molar-refractivity contribution in [2.45, 2.75) is 110 Å². The van der Waals surface area contributed by atoms with Gasteiger partial charge in [0.2, 0.25) is 0 Å². The predicted molar refractivity (Wildman–Crippen MR) is 270 cm³/mol. The number of rotatable bonds is 23. The Morgan fingerprint density at radius 2 is 0.906 bits per heavy atom. The van der Waals surface area contributed by atoms with Gasteiger partial charge in [0.05, 0.1) is 11.0 Å². The summed E-state index contributed by atoms with van der Waals surface area (Å²) in [4.78, 5) is 31.0. The van der Waals surface area contributed by atoms with Crippen LogP contribution in [0, 0.1) is 22.7 Å². The lowest BCUT2D eigenvalue weighted by Crippen LogP contribution is -2.09. The van der Waals surface area contributed by atoms with Crippen LogP contribution in [0.3, 0.4) is 0 Å². The Balaban J connectivity index is 1.27. The SMILES string of the molecule is CCCCCCCCC(CCCCCCCC)n1c2cc(-c3ccc(-c4ccc(/C=C(\C#N)C(=O)O)s4)s3)ccc2c2ccc(-c3ccc(-c4ccc(/C=C(\C#N)C(=O)O)s4)s3)cc21. The van der Waals surface area contributed by atoms with Crippen LogP contribution in [0.2, 0.25) is 0 Å². The lowest BCUT2D eigenvalue weighted by molar-refractivity contribution is -0.133. The third kappa shape index (κ3) is 11.2. The molecule has 0 atom stereocenters. The van der Waals surface area contributed by atoms with E-state index in [4.69, 9.17) is 0 Å². The normalized spacial score (nSPS) is 12.1. The van der Waals surface area contributed by atoms with E-state index in [2.05, 4.69) is 79.1 Å². The van der Waals surface area contributed by atoms with E-state index in [1.54, 1.807) is 34.8 Å². The summed E-state index contributed by atoms with van der Waals surface area (Å²) in [7, 11) is 0.